The molecule has 1 fully saturated rings. The van der Waals surface area contributed by atoms with Crippen LogP contribution in [0.15, 0.2) is 108 Å². The third kappa shape index (κ3) is 3.10. The molecule has 1 aliphatic heterocycles. The van der Waals surface area contributed by atoms with Crippen molar-refractivity contribution in [2.24, 2.45) is 16.9 Å². The maximum absolute atomic E-state index is 14.3. The number of aromatic hydroxyl groups is 1. The van der Waals surface area contributed by atoms with Gasteiger partial charge in [0.15, 0.2) is 0 Å². The second-order valence-electron chi connectivity index (χ2n) is 10.1. The number of hydrogen-bond donors (Lipinski definition) is 2. The zero-order valence-electron chi connectivity index (χ0n) is 20.7. The van der Waals surface area contributed by atoms with Gasteiger partial charge in [-0.15, -0.1) is 0 Å². The number of carbonyl (C=O) groups is 3. The van der Waals surface area contributed by atoms with Crippen LogP contribution in [0, 0.1) is 11.8 Å². The van der Waals surface area contributed by atoms with Gasteiger partial charge < -0.3 is 5.11 Å². The standard InChI is InChI=1S/C32H23N3O4/c36-25-17-9-6-14-22(25)29(37)34-33-18-32-23-15-7-4-12-20(23)26(21-13-5-8-16-24(21)32)27-28(32)31(39)35(30(27)38)19-10-2-1-3-11-19/h1-18,26-28,36H,(H,34,37)/b33-18-/t26?,27-,28-,32?/m0/s1. The lowest BCUT2D eigenvalue weighted by molar-refractivity contribution is -0.122. The number of amides is 3. The van der Waals surface area contributed by atoms with E-state index in [0.29, 0.717) is 5.69 Å². The van der Waals surface area contributed by atoms with E-state index in [1.54, 1.807) is 30.5 Å². The SMILES string of the molecule is O=C(N/N=C\C12c3ccccc3C(c3ccccc31)[C@@H]1C(=O)N(c3ccccc3)C(=O)[C@H]12)c1ccccc1O. The van der Waals surface area contributed by atoms with E-state index in [2.05, 4.69) is 10.5 Å². The topological polar surface area (TPSA) is 99.1 Å². The van der Waals surface area contributed by atoms with Crippen molar-refractivity contribution in [2.45, 2.75) is 11.3 Å². The maximum atomic E-state index is 14.3. The van der Waals surface area contributed by atoms with E-state index in [-0.39, 0.29) is 29.0 Å². The first-order valence-electron chi connectivity index (χ1n) is 12.8. The largest absolute Gasteiger partial charge is 0.507 e. The molecule has 1 heterocycles. The van der Waals surface area contributed by atoms with Gasteiger partial charge >= 0.3 is 0 Å². The number of nitrogens with zero attached hydrogens (tertiary/aromatic N) is 2. The molecule has 2 N–H and O–H groups in total. The van der Waals surface area contributed by atoms with Crippen LogP contribution in [0.5, 0.6) is 5.75 Å². The molecule has 2 bridgehead atoms. The summed E-state index contributed by atoms with van der Waals surface area (Å²) in [7, 11) is 0. The molecule has 8 rings (SSSR count). The molecule has 3 aliphatic carbocycles. The summed E-state index contributed by atoms with van der Waals surface area (Å²) in [5, 5.41) is 14.5. The average molecular weight is 514 g/mol. The zero-order chi connectivity index (χ0) is 26.7. The summed E-state index contributed by atoms with van der Waals surface area (Å²) >= 11 is 0. The molecule has 0 spiro atoms. The Morgan fingerprint density at radius 3 is 2.05 bits per heavy atom. The molecule has 2 atom stereocenters. The lowest BCUT2D eigenvalue weighted by Crippen LogP contribution is -2.54. The van der Waals surface area contributed by atoms with Gasteiger partial charge in [0.05, 0.1) is 28.5 Å². The van der Waals surface area contributed by atoms with E-state index >= 15 is 0 Å². The summed E-state index contributed by atoms with van der Waals surface area (Å²) in [6.07, 6.45) is 1.61. The predicted octanol–water partition coefficient (Wildman–Crippen LogP) is 4.36. The van der Waals surface area contributed by atoms with E-state index < -0.39 is 23.2 Å². The first kappa shape index (κ1) is 23.1. The smallest absolute Gasteiger partial charge is 0.275 e. The molecule has 1 saturated heterocycles. The summed E-state index contributed by atoms with van der Waals surface area (Å²) in [5.74, 6) is -2.91. The number of anilines is 1. The van der Waals surface area contributed by atoms with Gasteiger partial charge in [-0.3, -0.25) is 14.4 Å². The Bertz CT molecular complexity index is 1650. The van der Waals surface area contributed by atoms with Crippen LogP contribution in [0.25, 0.3) is 0 Å². The van der Waals surface area contributed by atoms with Gasteiger partial charge in [0, 0.05) is 12.1 Å². The molecule has 7 nitrogen and oxygen atoms in total. The Kier molecular flexibility index (Phi) is 5.03. The van der Waals surface area contributed by atoms with Crippen molar-refractivity contribution in [2.75, 3.05) is 4.90 Å². The second kappa shape index (κ2) is 8.49. The number of para-hydroxylation sites is 2. The number of hydrogen-bond acceptors (Lipinski definition) is 5. The molecular weight excluding hydrogens is 490 g/mol. The monoisotopic (exact) mass is 513 g/mol. The number of carbonyl (C=O) groups excluding carboxylic acids is 3. The quantitative estimate of drug-likeness (QED) is 0.241. The van der Waals surface area contributed by atoms with E-state index in [1.807, 2.05) is 66.7 Å². The van der Waals surface area contributed by atoms with Crippen molar-refractivity contribution < 1.29 is 19.5 Å². The fourth-order valence-electron chi connectivity index (χ4n) is 6.80. The number of rotatable bonds is 4. The van der Waals surface area contributed by atoms with Crippen molar-refractivity contribution >= 4 is 29.6 Å². The van der Waals surface area contributed by atoms with Crippen LogP contribution in [-0.4, -0.2) is 29.0 Å². The van der Waals surface area contributed by atoms with Crippen molar-refractivity contribution in [1.29, 1.82) is 0 Å². The second-order valence-corrected chi connectivity index (χ2v) is 10.1. The van der Waals surface area contributed by atoms with Crippen LogP contribution in [-0.2, 0) is 15.0 Å². The van der Waals surface area contributed by atoms with Gasteiger partial charge in [0.25, 0.3) is 5.91 Å². The highest BCUT2D eigenvalue weighted by atomic mass is 16.3. The van der Waals surface area contributed by atoms with Crippen molar-refractivity contribution in [1.82, 2.24) is 5.43 Å². The minimum absolute atomic E-state index is 0.0838. The maximum Gasteiger partial charge on any atom is 0.275 e. The van der Waals surface area contributed by atoms with Crippen LogP contribution in [0.4, 0.5) is 5.69 Å². The molecule has 0 saturated carbocycles. The third-order valence-electron chi connectivity index (χ3n) is 8.28. The molecule has 0 radical (unpaired) electrons. The molecule has 0 aromatic heterocycles. The summed E-state index contributed by atoms with van der Waals surface area (Å²) in [6.45, 7) is 0. The summed E-state index contributed by atoms with van der Waals surface area (Å²) in [6, 6.07) is 30.9. The van der Waals surface area contributed by atoms with Gasteiger partial charge in [-0.05, 0) is 46.5 Å². The molecular formula is C32H23N3O4. The molecule has 4 aromatic carbocycles. The Labute approximate surface area is 224 Å². The Hall–Kier alpha value is -5.04. The van der Waals surface area contributed by atoms with Crippen molar-refractivity contribution in [3.8, 4) is 5.75 Å². The molecule has 0 unspecified atom stereocenters. The highest BCUT2D eigenvalue weighted by Crippen LogP contribution is 2.63. The van der Waals surface area contributed by atoms with Crippen LogP contribution >= 0.6 is 0 Å². The molecule has 4 aromatic rings. The number of nitrogens with one attached hydrogen (secondary N) is 1. The molecule has 7 heteroatoms. The van der Waals surface area contributed by atoms with Crippen LogP contribution in [0.2, 0.25) is 0 Å². The van der Waals surface area contributed by atoms with Gasteiger partial charge in [-0.1, -0.05) is 78.9 Å². The van der Waals surface area contributed by atoms with Gasteiger partial charge in [0.1, 0.15) is 5.75 Å². The number of benzene rings is 4. The van der Waals surface area contributed by atoms with Crippen LogP contribution in [0.3, 0.4) is 0 Å². The Balaban J connectivity index is 1.41. The first-order chi connectivity index (χ1) is 19.0. The zero-order valence-corrected chi connectivity index (χ0v) is 20.7. The molecule has 4 aliphatic rings. The van der Waals surface area contributed by atoms with E-state index in [4.69, 9.17) is 0 Å². The van der Waals surface area contributed by atoms with Crippen molar-refractivity contribution in [3.63, 3.8) is 0 Å². The summed E-state index contributed by atoms with van der Waals surface area (Å²) < 4.78 is 0. The van der Waals surface area contributed by atoms with Crippen molar-refractivity contribution in [3.05, 3.63) is 131 Å². The van der Waals surface area contributed by atoms with E-state index in [0.717, 1.165) is 22.3 Å². The lowest BCUT2D eigenvalue weighted by Gasteiger charge is -2.52. The number of phenols is 1. The minimum Gasteiger partial charge on any atom is -0.507 e. The fraction of sp³-hybridized carbons (Fsp3) is 0.125. The predicted molar refractivity (Wildman–Crippen MR) is 145 cm³/mol. The molecule has 39 heavy (non-hydrogen) atoms. The Morgan fingerprint density at radius 2 is 1.38 bits per heavy atom. The number of phenolic OH excluding ortho intramolecular Hbond substituents is 1. The van der Waals surface area contributed by atoms with Crippen LogP contribution < -0.4 is 10.3 Å². The fourth-order valence-corrected chi connectivity index (χ4v) is 6.80. The normalized spacial score (nSPS) is 24.4. The first-order valence-corrected chi connectivity index (χ1v) is 12.8. The van der Waals surface area contributed by atoms with Gasteiger partial charge in [0.2, 0.25) is 11.8 Å². The lowest BCUT2D eigenvalue weighted by atomic mass is 9.47. The van der Waals surface area contributed by atoms with E-state index in [9.17, 15) is 19.5 Å². The number of hydrazone groups is 1. The van der Waals surface area contributed by atoms with E-state index in [1.165, 1.54) is 17.0 Å². The number of imide groups is 1. The summed E-state index contributed by atoms with van der Waals surface area (Å²) in [5.41, 5.74) is 5.81. The van der Waals surface area contributed by atoms with Gasteiger partial charge in [-0.2, -0.15) is 5.10 Å². The van der Waals surface area contributed by atoms with Crippen LogP contribution in [0.1, 0.15) is 38.5 Å². The molecule has 3 amide bonds. The molecule has 190 valence electrons. The average Bonchev–Trinajstić information content (AvgIpc) is 3.24. The highest BCUT2D eigenvalue weighted by molar-refractivity contribution is 6.25. The summed E-state index contributed by atoms with van der Waals surface area (Å²) in [4.78, 5) is 42.5. The van der Waals surface area contributed by atoms with Gasteiger partial charge in [-0.25, -0.2) is 10.3 Å². The Morgan fingerprint density at radius 1 is 0.795 bits per heavy atom. The minimum atomic E-state index is -1.09. The third-order valence-corrected chi connectivity index (χ3v) is 8.28. The highest BCUT2D eigenvalue weighted by Gasteiger charge is 2.68.